The van der Waals surface area contributed by atoms with Gasteiger partial charge in [0.1, 0.15) is 0 Å². The molecule has 1 aliphatic rings. The van der Waals surface area contributed by atoms with E-state index in [4.69, 9.17) is 4.74 Å². The third-order valence-corrected chi connectivity index (χ3v) is 2.58. The average Bonchev–Trinajstić information content (AvgIpc) is 2.54. The number of methoxy groups -OCH3 is 1. The highest BCUT2D eigenvalue weighted by Crippen LogP contribution is 2.33. The fraction of sp³-hybridized carbons (Fsp3) is 0.455. The molecule has 0 bridgehead atoms. The minimum absolute atomic E-state index is 0.780. The van der Waals surface area contributed by atoms with Crippen LogP contribution >= 0.6 is 0 Å². The van der Waals surface area contributed by atoms with Gasteiger partial charge in [-0.25, -0.2) is 0 Å². The number of benzene rings is 1. The summed E-state index contributed by atoms with van der Waals surface area (Å²) in [6.07, 6.45) is 0. The fourth-order valence-corrected chi connectivity index (χ4v) is 1.86. The van der Waals surface area contributed by atoms with E-state index < -0.39 is 0 Å². The van der Waals surface area contributed by atoms with E-state index in [9.17, 15) is 0 Å². The van der Waals surface area contributed by atoms with Crippen molar-refractivity contribution in [1.29, 1.82) is 0 Å². The van der Waals surface area contributed by atoms with Gasteiger partial charge < -0.3 is 14.5 Å². The van der Waals surface area contributed by atoms with Crippen LogP contribution in [0, 0.1) is 0 Å². The summed E-state index contributed by atoms with van der Waals surface area (Å²) < 4.78 is 5.09. The van der Waals surface area contributed by atoms with Crippen LogP contribution in [0.2, 0.25) is 0 Å². The van der Waals surface area contributed by atoms with Crippen molar-refractivity contribution in [1.82, 2.24) is 0 Å². The molecule has 3 nitrogen and oxygen atoms in total. The summed E-state index contributed by atoms with van der Waals surface area (Å²) in [6, 6.07) is 8.48. The first-order valence-corrected chi connectivity index (χ1v) is 4.87. The Bertz CT molecular complexity index is 314. The lowest BCUT2D eigenvalue weighted by atomic mass is 10.2. The van der Waals surface area contributed by atoms with Crippen molar-refractivity contribution in [3.8, 4) is 0 Å². The van der Waals surface area contributed by atoms with E-state index in [-0.39, 0.29) is 0 Å². The molecule has 1 aromatic carbocycles. The van der Waals surface area contributed by atoms with Gasteiger partial charge in [0.05, 0.1) is 24.7 Å². The predicted molar refractivity (Wildman–Crippen MR) is 58.9 cm³/mol. The molecule has 76 valence electrons. The molecule has 14 heavy (non-hydrogen) atoms. The van der Waals surface area contributed by atoms with Crippen LogP contribution in [0.3, 0.4) is 0 Å². The van der Waals surface area contributed by atoms with Crippen molar-refractivity contribution in [2.75, 3.05) is 43.8 Å². The van der Waals surface area contributed by atoms with Gasteiger partial charge in [-0.1, -0.05) is 12.1 Å². The van der Waals surface area contributed by atoms with Gasteiger partial charge in [0.25, 0.3) is 0 Å². The van der Waals surface area contributed by atoms with E-state index >= 15 is 0 Å². The van der Waals surface area contributed by atoms with Crippen LogP contribution in [0.1, 0.15) is 0 Å². The normalized spacial score (nSPS) is 14.7. The number of rotatable bonds is 3. The van der Waals surface area contributed by atoms with Crippen LogP contribution < -0.4 is 9.80 Å². The molecule has 3 heteroatoms. The second-order valence-electron chi connectivity index (χ2n) is 3.58. The van der Waals surface area contributed by atoms with Crippen molar-refractivity contribution in [3.05, 3.63) is 24.3 Å². The second-order valence-corrected chi connectivity index (χ2v) is 3.58. The Balaban J connectivity index is 2.17. The summed E-state index contributed by atoms with van der Waals surface area (Å²) in [5.74, 6) is 0. The zero-order chi connectivity index (χ0) is 9.97. The molecule has 0 aliphatic carbocycles. The molecule has 0 saturated carbocycles. The minimum atomic E-state index is 0.780. The lowest BCUT2D eigenvalue weighted by Crippen LogP contribution is -2.30. The summed E-state index contributed by atoms with van der Waals surface area (Å²) in [7, 11) is 3.86. The molecule has 0 fully saturated rings. The molecule has 1 aromatic rings. The van der Waals surface area contributed by atoms with Crippen LogP contribution in [0.5, 0.6) is 0 Å². The monoisotopic (exact) mass is 192 g/mol. The Morgan fingerprint density at radius 2 is 2.00 bits per heavy atom. The first kappa shape index (κ1) is 9.34. The lowest BCUT2D eigenvalue weighted by Gasteiger charge is -2.18. The highest BCUT2D eigenvalue weighted by molar-refractivity contribution is 5.75. The topological polar surface area (TPSA) is 15.7 Å². The van der Waals surface area contributed by atoms with Gasteiger partial charge in [0, 0.05) is 20.7 Å². The van der Waals surface area contributed by atoms with Crippen LogP contribution in [0.25, 0.3) is 0 Å². The molecule has 1 aliphatic heterocycles. The van der Waals surface area contributed by atoms with Gasteiger partial charge in [-0.2, -0.15) is 0 Å². The Hall–Kier alpha value is -1.22. The van der Waals surface area contributed by atoms with Crippen molar-refractivity contribution < 1.29 is 4.74 Å². The van der Waals surface area contributed by atoms with Gasteiger partial charge in [-0.05, 0) is 12.1 Å². The van der Waals surface area contributed by atoms with Crippen LogP contribution in [-0.2, 0) is 4.74 Å². The first-order chi connectivity index (χ1) is 6.83. The smallest absolute Gasteiger partial charge is 0.0902 e. The highest BCUT2D eigenvalue weighted by Gasteiger charge is 2.21. The van der Waals surface area contributed by atoms with Gasteiger partial charge in [-0.3, -0.25) is 0 Å². The van der Waals surface area contributed by atoms with Crippen LogP contribution in [-0.4, -0.2) is 34.0 Å². The zero-order valence-corrected chi connectivity index (χ0v) is 8.73. The SMILES string of the molecule is COCCN1CN(C)c2ccccc21. The molecular weight excluding hydrogens is 176 g/mol. The first-order valence-electron chi connectivity index (χ1n) is 4.87. The Labute approximate surface area is 84.9 Å². The van der Waals surface area contributed by atoms with E-state index in [0.717, 1.165) is 19.8 Å². The van der Waals surface area contributed by atoms with Crippen molar-refractivity contribution in [3.63, 3.8) is 0 Å². The highest BCUT2D eigenvalue weighted by atomic mass is 16.5. The molecule has 0 radical (unpaired) electrons. The van der Waals surface area contributed by atoms with E-state index in [2.05, 4.69) is 41.1 Å². The standard InChI is InChI=1S/C11H16N2O/c1-12-9-13(7-8-14-2)11-6-4-3-5-10(11)12/h3-6H,7-9H2,1-2H3. The number of ether oxygens (including phenoxy) is 1. The van der Waals surface area contributed by atoms with Crippen LogP contribution in [0.4, 0.5) is 11.4 Å². The van der Waals surface area contributed by atoms with Crippen molar-refractivity contribution in [2.24, 2.45) is 0 Å². The molecule has 2 rings (SSSR count). The van der Waals surface area contributed by atoms with E-state index in [1.807, 2.05) is 0 Å². The van der Waals surface area contributed by atoms with E-state index in [1.54, 1.807) is 7.11 Å². The summed E-state index contributed by atoms with van der Waals surface area (Å²) in [5, 5.41) is 0. The number of hydrogen-bond donors (Lipinski definition) is 0. The molecule has 0 N–H and O–H groups in total. The average molecular weight is 192 g/mol. The Kier molecular flexibility index (Phi) is 2.59. The third kappa shape index (κ3) is 1.55. The van der Waals surface area contributed by atoms with E-state index in [1.165, 1.54) is 11.4 Å². The summed E-state index contributed by atoms with van der Waals surface area (Å²) >= 11 is 0. The molecule has 0 spiro atoms. The fourth-order valence-electron chi connectivity index (χ4n) is 1.86. The largest absolute Gasteiger partial charge is 0.383 e. The third-order valence-electron chi connectivity index (χ3n) is 2.58. The molecule has 1 heterocycles. The maximum absolute atomic E-state index is 5.09. The molecule has 0 atom stereocenters. The number of nitrogens with zero attached hydrogens (tertiary/aromatic N) is 2. The molecule has 0 unspecified atom stereocenters. The van der Waals surface area contributed by atoms with Gasteiger partial charge in [0.2, 0.25) is 0 Å². The lowest BCUT2D eigenvalue weighted by molar-refractivity contribution is 0.205. The van der Waals surface area contributed by atoms with Crippen molar-refractivity contribution in [2.45, 2.75) is 0 Å². The van der Waals surface area contributed by atoms with E-state index in [0.29, 0.717) is 0 Å². The molecular formula is C11H16N2O. The van der Waals surface area contributed by atoms with Gasteiger partial charge >= 0.3 is 0 Å². The Morgan fingerprint density at radius 3 is 2.71 bits per heavy atom. The Morgan fingerprint density at radius 1 is 1.29 bits per heavy atom. The quantitative estimate of drug-likeness (QED) is 0.722. The number of anilines is 2. The maximum atomic E-state index is 5.09. The van der Waals surface area contributed by atoms with Gasteiger partial charge in [0.15, 0.2) is 0 Å². The number of fused-ring (bicyclic) bond motifs is 1. The predicted octanol–water partition coefficient (Wildman–Crippen LogP) is 1.55. The summed E-state index contributed by atoms with van der Waals surface area (Å²) in [5.41, 5.74) is 2.62. The van der Waals surface area contributed by atoms with Crippen LogP contribution in [0.15, 0.2) is 24.3 Å². The van der Waals surface area contributed by atoms with Crippen molar-refractivity contribution >= 4 is 11.4 Å². The zero-order valence-electron chi connectivity index (χ0n) is 8.73. The summed E-state index contributed by atoms with van der Waals surface area (Å²) in [4.78, 5) is 4.59. The minimum Gasteiger partial charge on any atom is -0.383 e. The molecule has 0 aromatic heterocycles. The second kappa shape index (κ2) is 3.88. The number of hydrogen-bond acceptors (Lipinski definition) is 3. The number of para-hydroxylation sites is 2. The molecule has 0 amide bonds. The van der Waals surface area contributed by atoms with Gasteiger partial charge in [-0.15, -0.1) is 0 Å². The molecule has 0 saturated heterocycles. The maximum Gasteiger partial charge on any atom is 0.0902 e. The summed E-state index contributed by atoms with van der Waals surface area (Å²) in [6.45, 7) is 2.70.